The first-order valence-electron chi connectivity index (χ1n) is 29.8. The lowest BCUT2D eigenvalue weighted by atomic mass is 9.99. The zero-order valence-corrected chi connectivity index (χ0v) is 48.4. The third kappa shape index (κ3) is 9.51. The van der Waals surface area contributed by atoms with Crippen LogP contribution in [0.25, 0.3) is 161 Å². The Kier molecular flexibility index (Phi) is 13.1. The summed E-state index contributed by atoms with van der Waals surface area (Å²) in [6, 6.07) is 106. The summed E-state index contributed by atoms with van der Waals surface area (Å²) in [6.45, 7) is 8.96. The van der Waals surface area contributed by atoms with Crippen LogP contribution in [0.5, 0.6) is 0 Å². The topological polar surface area (TPSA) is 89.6 Å². The van der Waals surface area contributed by atoms with Crippen molar-refractivity contribution in [3.63, 3.8) is 0 Å². The second-order valence-electron chi connectivity index (χ2n) is 22.4. The number of hydrogen-bond donors (Lipinski definition) is 0. The first-order valence-corrected chi connectivity index (χ1v) is 29.8. The molecular formula is C82H50N8. The molecule has 0 saturated heterocycles. The smallest absolute Gasteiger partial charge is 0.197 e. The van der Waals surface area contributed by atoms with Gasteiger partial charge in [0.2, 0.25) is 0 Å². The molecule has 418 valence electrons. The van der Waals surface area contributed by atoms with Crippen LogP contribution in [0.4, 0.5) is 5.69 Å². The zero-order chi connectivity index (χ0) is 60.1. The lowest BCUT2D eigenvalue weighted by molar-refractivity contribution is 1.10. The van der Waals surface area contributed by atoms with E-state index in [0.29, 0.717) is 16.8 Å². The lowest BCUT2D eigenvalue weighted by Crippen LogP contribution is -2.04. The van der Waals surface area contributed by atoms with Crippen LogP contribution in [0.3, 0.4) is 0 Å². The molecule has 0 aliphatic heterocycles. The summed E-state index contributed by atoms with van der Waals surface area (Å²) < 4.78 is 4.66. The van der Waals surface area contributed by atoms with E-state index in [2.05, 4.69) is 220 Å². The molecule has 90 heavy (non-hydrogen) atoms. The first-order chi connectivity index (χ1) is 44.5. The molecule has 0 atom stereocenters. The Hall–Kier alpha value is -12.6. The van der Waals surface area contributed by atoms with Crippen LogP contribution in [0.15, 0.2) is 303 Å². The van der Waals surface area contributed by atoms with Crippen LogP contribution in [0, 0.1) is 17.9 Å². The first kappa shape index (κ1) is 52.9. The highest BCUT2D eigenvalue weighted by atomic mass is 15.1. The maximum absolute atomic E-state index is 10.3. The number of benzene rings is 10. The molecule has 0 spiro atoms. The van der Waals surface area contributed by atoms with E-state index >= 15 is 0 Å². The third-order valence-electron chi connectivity index (χ3n) is 17.0. The Balaban J connectivity index is 0.971. The van der Waals surface area contributed by atoms with Crippen LogP contribution < -0.4 is 0 Å². The summed E-state index contributed by atoms with van der Waals surface area (Å²) in [7, 11) is 0. The molecule has 0 unspecified atom stereocenters. The Morgan fingerprint density at radius 1 is 0.278 bits per heavy atom. The van der Waals surface area contributed by atoms with Crippen LogP contribution >= 0.6 is 0 Å². The summed E-state index contributed by atoms with van der Waals surface area (Å²) in [6.07, 6.45) is 0. The number of hydrogen-bond acceptors (Lipinski definition) is 5. The Morgan fingerprint density at radius 3 is 0.878 bits per heavy atom. The number of nitriles is 1. The van der Waals surface area contributed by atoms with Crippen LogP contribution in [-0.4, -0.2) is 29.1 Å². The number of pyridine rings is 4. The van der Waals surface area contributed by atoms with Crippen molar-refractivity contribution in [2.24, 2.45) is 0 Å². The maximum atomic E-state index is 10.3. The van der Waals surface area contributed by atoms with Gasteiger partial charge in [-0.25, -0.2) is 24.8 Å². The average Bonchev–Trinajstić information content (AvgIpc) is 1.57. The minimum Gasteiger partial charge on any atom is -0.308 e. The van der Waals surface area contributed by atoms with E-state index in [1.165, 1.54) is 0 Å². The van der Waals surface area contributed by atoms with Crippen molar-refractivity contribution in [2.45, 2.75) is 0 Å². The van der Waals surface area contributed by atoms with Gasteiger partial charge >= 0.3 is 0 Å². The second kappa shape index (κ2) is 22.3. The predicted molar refractivity (Wildman–Crippen MR) is 366 cm³/mol. The summed E-state index contributed by atoms with van der Waals surface area (Å²) in [5, 5.41) is 14.3. The molecular weight excluding hydrogens is 1100 g/mol. The summed E-state index contributed by atoms with van der Waals surface area (Å²) in [5.74, 6) is 0. The highest BCUT2D eigenvalue weighted by Crippen LogP contribution is 2.46. The predicted octanol–water partition coefficient (Wildman–Crippen LogP) is 20.9. The van der Waals surface area contributed by atoms with E-state index in [1.54, 1.807) is 6.07 Å². The van der Waals surface area contributed by atoms with Crippen LogP contribution in [0.2, 0.25) is 0 Å². The molecule has 0 bridgehead atoms. The maximum Gasteiger partial charge on any atom is 0.197 e. The van der Waals surface area contributed by atoms with Gasteiger partial charge in [-0.05, 0) is 132 Å². The molecule has 10 aromatic carbocycles. The van der Waals surface area contributed by atoms with E-state index < -0.39 is 0 Å². The Labute approximate surface area is 519 Å². The van der Waals surface area contributed by atoms with E-state index in [0.717, 1.165) is 151 Å². The summed E-state index contributed by atoms with van der Waals surface area (Å²) in [5.41, 5.74) is 22.8. The van der Waals surface area contributed by atoms with Gasteiger partial charge in [0, 0.05) is 66.1 Å². The van der Waals surface area contributed by atoms with Gasteiger partial charge in [-0.1, -0.05) is 182 Å². The normalized spacial score (nSPS) is 11.3. The number of nitrogens with zero attached hydrogens (tertiary/aromatic N) is 8. The molecule has 0 amide bonds. The van der Waals surface area contributed by atoms with Crippen molar-refractivity contribution in [1.82, 2.24) is 29.1 Å². The van der Waals surface area contributed by atoms with E-state index in [4.69, 9.17) is 26.5 Å². The molecule has 6 aromatic heterocycles. The van der Waals surface area contributed by atoms with Gasteiger partial charge in [0.15, 0.2) is 5.69 Å². The van der Waals surface area contributed by atoms with Gasteiger partial charge in [-0.15, -0.1) is 0 Å². The molecule has 0 N–H and O–H groups in total. The number of aromatic nitrogens is 6. The minimum atomic E-state index is 0.440. The molecule has 8 heteroatoms. The van der Waals surface area contributed by atoms with Crippen molar-refractivity contribution < 1.29 is 0 Å². The minimum absolute atomic E-state index is 0.440. The fourth-order valence-electron chi connectivity index (χ4n) is 12.7. The van der Waals surface area contributed by atoms with Gasteiger partial charge in [0.1, 0.15) is 0 Å². The molecule has 0 aliphatic carbocycles. The van der Waals surface area contributed by atoms with Crippen LogP contribution in [-0.2, 0) is 0 Å². The van der Waals surface area contributed by atoms with E-state index in [1.807, 2.05) is 97.1 Å². The molecule has 0 radical (unpaired) electrons. The fraction of sp³-hybridized carbons (Fsp3) is 0. The second-order valence-corrected chi connectivity index (χ2v) is 22.4. The third-order valence-corrected chi connectivity index (χ3v) is 17.0. The van der Waals surface area contributed by atoms with Gasteiger partial charge < -0.3 is 9.13 Å². The van der Waals surface area contributed by atoms with Crippen molar-refractivity contribution in [3.05, 3.63) is 320 Å². The van der Waals surface area contributed by atoms with Crippen molar-refractivity contribution >= 4 is 49.3 Å². The molecule has 16 aromatic rings. The lowest BCUT2D eigenvalue weighted by Gasteiger charge is -2.20. The Bertz CT molecular complexity index is 5280. The quantitative estimate of drug-likeness (QED) is 0.120. The summed E-state index contributed by atoms with van der Waals surface area (Å²) in [4.78, 5) is 25.3. The molecule has 16 rings (SSSR count). The SMILES string of the molecule is [C-]#[N+]c1cc(-n2c3ccc(-c4cccc(-c5ccccc5)n4)cc3c3cc(-c4cccc(-c5ccccc5)n4)ccc32)c(-n2c3ccc(-c4cccc(-c5ccccc5)n4)cc3c3cc(-c4cccc(-c5ccccc5)n4)ccc32)cc1-c1cccc(C#N)c1. The monoisotopic (exact) mass is 1150 g/mol. The van der Waals surface area contributed by atoms with Crippen molar-refractivity contribution in [3.8, 4) is 119 Å². The Morgan fingerprint density at radius 2 is 0.567 bits per heavy atom. The standard InChI is InChI=1S/C82H50N8/c1-84-76-51-82(90-79-43-39-61(74-35-17-31-70(87-74)56-24-10-4-11-25-56)48-66(79)67-49-62(40-44-80(67)90)75-36-18-32-71(88-75)57-26-12-5-13-27-57)81(50-63(76)58-28-14-19-53(45-58)52-83)89-77-41-37-59(72-33-15-29-68(85-72)54-20-6-2-7-21-54)46-64(77)65-47-60(38-42-78(65)89)73-34-16-30-69(86-73)55-22-8-3-9-23-55/h2-51H. The van der Waals surface area contributed by atoms with E-state index in [-0.39, 0.29) is 0 Å². The summed E-state index contributed by atoms with van der Waals surface area (Å²) >= 11 is 0. The highest BCUT2D eigenvalue weighted by molar-refractivity contribution is 6.14. The van der Waals surface area contributed by atoms with Crippen LogP contribution in [0.1, 0.15) is 5.56 Å². The number of fused-ring (bicyclic) bond motifs is 6. The fourth-order valence-corrected chi connectivity index (χ4v) is 12.7. The molecule has 0 aliphatic rings. The highest BCUT2D eigenvalue weighted by Gasteiger charge is 2.25. The van der Waals surface area contributed by atoms with E-state index in [9.17, 15) is 5.26 Å². The molecule has 0 fully saturated rings. The van der Waals surface area contributed by atoms with Gasteiger partial charge in [0.25, 0.3) is 0 Å². The van der Waals surface area contributed by atoms with Crippen molar-refractivity contribution in [1.29, 1.82) is 5.26 Å². The average molecular weight is 1150 g/mol. The zero-order valence-electron chi connectivity index (χ0n) is 48.4. The molecule has 8 nitrogen and oxygen atoms in total. The molecule has 0 saturated carbocycles. The van der Waals surface area contributed by atoms with Gasteiger partial charge in [-0.3, -0.25) is 0 Å². The largest absolute Gasteiger partial charge is 0.308 e. The van der Waals surface area contributed by atoms with Gasteiger partial charge in [-0.2, -0.15) is 5.26 Å². The van der Waals surface area contributed by atoms with Gasteiger partial charge in [0.05, 0.1) is 97.2 Å². The number of rotatable bonds is 11. The van der Waals surface area contributed by atoms with Crippen molar-refractivity contribution in [2.75, 3.05) is 0 Å². The molecule has 6 heterocycles.